The van der Waals surface area contributed by atoms with Gasteiger partial charge in [0.1, 0.15) is 11.5 Å². The Labute approximate surface area is 237 Å². The minimum Gasteiger partial charge on any atom is -0.508 e. The van der Waals surface area contributed by atoms with Crippen molar-refractivity contribution < 1.29 is 14.6 Å². The number of rotatable bonds is 5. The molecular formula is C31H20Cl2N4O3. The number of H-pyrrole nitrogens is 2. The highest BCUT2D eigenvalue weighted by molar-refractivity contribution is 6.31. The van der Waals surface area contributed by atoms with Gasteiger partial charge in [0, 0.05) is 61.8 Å². The van der Waals surface area contributed by atoms with Crippen LogP contribution in [0.4, 0.5) is 0 Å². The number of nitrogens with one attached hydrogen (secondary N) is 2. The van der Waals surface area contributed by atoms with Gasteiger partial charge in [-0.1, -0.05) is 35.3 Å². The molecule has 0 unspecified atom stereocenters. The number of phenols is 2. The van der Waals surface area contributed by atoms with E-state index in [1.165, 1.54) is 18.2 Å². The molecule has 4 aromatic carbocycles. The van der Waals surface area contributed by atoms with Crippen molar-refractivity contribution in [1.29, 1.82) is 0 Å². The molecule has 0 aliphatic rings. The molecule has 0 saturated carbocycles. The van der Waals surface area contributed by atoms with E-state index in [4.69, 9.17) is 27.6 Å². The second kappa shape index (κ2) is 9.48. The van der Waals surface area contributed by atoms with Crippen molar-refractivity contribution in [3.8, 4) is 34.4 Å². The van der Waals surface area contributed by atoms with Gasteiger partial charge in [0.2, 0.25) is 5.89 Å². The zero-order valence-corrected chi connectivity index (χ0v) is 22.2. The van der Waals surface area contributed by atoms with Crippen LogP contribution in [0, 0.1) is 0 Å². The maximum absolute atomic E-state index is 10.2. The topological polar surface area (TPSA) is 111 Å². The lowest BCUT2D eigenvalue weighted by molar-refractivity contribution is 0.450. The van der Waals surface area contributed by atoms with Crippen LogP contribution in [0.15, 0.2) is 95.7 Å². The summed E-state index contributed by atoms with van der Waals surface area (Å²) in [6.45, 7) is 0. The van der Waals surface area contributed by atoms with Crippen LogP contribution in [0.3, 0.4) is 0 Å². The lowest BCUT2D eigenvalue weighted by Gasteiger charge is -2.18. The first kappa shape index (κ1) is 24.3. The van der Waals surface area contributed by atoms with Crippen molar-refractivity contribution in [3.63, 3.8) is 0 Å². The number of nitrogens with zero attached hydrogens (tertiary/aromatic N) is 2. The molecule has 0 bridgehead atoms. The SMILES string of the molecule is Oc1ccc(-c2nnc(-c3ccc(C(c4c[nH]c5ccc(Cl)cc45)c4c[nH]c5ccc(Cl)cc45)cc3)o2)c(O)c1. The Bertz CT molecular complexity index is 1940. The van der Waals surface area contributed by atoms with Gasteiger partial charge < -0.3 is 24.6 Å². The highest BCUT2D eigenvalue weighted by atomic mass is 35.5. The second-order valence-electron chi connectivity index (χ2n) is 9.54. The van der Waals surface area contributed by atoms with Crippen LogP contribution in [-0.2, 0) is 0 Å². The maximum Gasteiger partial charge on any atom is 0.251 e. The summed E-state index contributed by atoms with van der Waals surface area (Å²) in [5.74, 6) is 0.122. The van der Waals surface area contributed by atoms with Crippen LogP contribution in [0.1, 0.15) is 22.6 Å². The van der Waals surface area contributed by atoms with Gasteiger partial charge in [-0.3, -0.25) is 0 Å². The van der Waals surface area contributed by atoms with Gasteiger partial charge in [-0.15, -0.1) is 10.2 Å². The van der Waals surface area contributed by atoms with Crippen LogP contribution >= 0.6 is 23.2 Å². The van der Waals surface area contributed by atoms with Crippen LogP contribution in [0.5, 0.6) is 11.5 Å². The number of fused-ring (bicyclic) bond motifs is 2. The monoisotopic (exact) mass is 566 g/mol. The molecule has 3 heterocycles. The van der Waals surface area contributed by atoms with Crippen LogP contribution in [0.25, 0.3) is 44.7 Å². The van der Waals surface area contributed by atoms with Gasteiger partial charge in [-0.25, -0.2) is 0 Å². The van der Waals surface area contributed by atoms with Crippen molar-refractivity contribution in [2.45, 2.75) is 5.92 Å². The molecule has 9 heteroatoms. The average Bonchev–Trinajstić information content (AvgIpc) is 3.69. The third-order valence-corrected chi connectivity index (χ3v) is 7.57. The van der Waals surface area contributed by atoms with Crippen LogP contribution in [0.2, 0.25) is 10.0 Å². The molecule has 0 atom stereocenters. The van der Waals surface area contributed by atoms with E-state index in [0.717, 1.165) is 44.1 Å². The molecule has 7 aromatic rings. The summed E-state index contributed by atoms with van der Waals surface area (Å²) in [5.41, 5.74) is 6.25. The van der Waals surface area contributed by atoms with E-state index in [2.05, 4.69) is 20.2 Å². The van der Waals surface area contributed by atoms with E-state index in [1.807, 2.05) is 73.1 Å². The summed E-state index contributed by atoms with van der Waals surface area (Å²) in [4.78, 5) is 6.77. The Morgan fingerprint density at radius 1 is 0.675 bits per heavy atom. The standard InChI is InChI=1S/C31H20Cl2N4O3/c32-18-5-9-26-22(11-18)24(14-34-26)29(25-15-35-27-10-6-19(33)12-23(25)27)16-1-3-17(4-2-16)30-36-37-31(40-30)21-8-7-20(38)13-28(21)39/h1-15,29,34-35,38-39H. The number of aromatic nitrogens is 4. The normalized spacial score (nSPS) is 11.7. The quantitative estimate of drug-likeness (QED) is 0.167. The number of aromatic hydroxyl groups is 2. The summed E-state index contributed by atoms with van der Waals surface area (Å²) < 4.78 is 5.86. The van der Waals surface area contributed by atoms with Gasteiger partial charge in [-0.2, -0.15) is 0 Å². The minimum atomic E-state index is -0.147. The largest absolute Gasteiger partial charge is 0.508 e. The number of aromatic amines is 2. The van der Waals surface area contributed by atoms with E-state index in [1.54, 1.807) is 0 Å². The lowest BCUT2D eigenvalue weighted by atomic mass is 9.84. The Balaban J connectivity index is 1.32. The van der Waals surface area contributed by atoms with Gasteiger partial charge in [0.25, 0.3) is 5.89 Å². The molecule has 0 radical (unpaired) electrons. The van der Waals surface area contributed by atoms with E-state index < -0.39 is 0 Å². The molecule has 0 spiro atoms. The molecule has 4 N–H and O–H groups in total. The summed E-state index contributed by atoms with van der Waals surface area (Å²) >= 11 is 12.8. The first-order valence-corrected chi connectivity index (χ1v) is 13.2. The van der Waals surface area contributed by atoms with Gasteiger partial charge in [0.15, 0.2) is 0 Å². The Hall–Kier alpha value is -4.72. The Morgan fingerprint density at radius 2 is 1.27 bits per heavy atom. The number of benzene rings is 4. The fraction of sp³-hybridized carbons (Fsp3) is 0.0323. The summed E-state index contributed by atoms with van der Waals surface area (Å²) in [6.07, 6.45) is 4.05. The van der Waals surface area contributed by atoms with Crippen molar-refractivity contribution >= 4 is 45.0 Å². The molecule has 3 aromatic heterocycles. The fourth-order valence-corrected chi connectivity index (χ4v) is 5.55. The third-order valence-electron chi connectivity index (χ3n) is 7.10. The number of phenolic OH excluding ortho intramolecular Hbond substituents is 2. The third kappa shape index (κ3) is 4.16. The summed E-state index contributed by atoms with van der Waals surface area (Å²) in [5, 5.41) is 31.4. The highest BCUT2D eigenvalue weighted by Gasteiger charge is 2.24. The molecule has 40 heavy (non-hydrogen) atoms. The Kier molecular flexibility index (Phi) is 5.77. The number of halogens is 2. The first-order valence-electron chi connectivity index (χ1n) is 12.4. The van der Waals surface area contributed by atoms with Gasteiger partial charge in [0.05, 0.1) is 5.56 Å². The van der Waals surface area contributed by atoms with Crippen molar-refractivity contribution in [3.05, 3.63) is 118 Å². The molecule has 0 fully saturated rings. The fourth-order valence-electron chi connectivity index (χ4n) is 5.20. The lowest BCUT2D eigenvalue weighted by Crippen LogP contribution is -2.02. The number of hydrogen-bond donors (Lipinski definition) is 4. The molecule has 7 rings (SSSR count). The van der Waals surface area contributed by atoms with Crippen LogP contribution < -0.4 is 0 Å². The predicted octanol–water partition coefficient (Wildman–Crippen LogP) is 8.26. The molecule has 0 amide bonds. The van der Waals surface area contributed by atoms with Crippen LogP contribution in [-0.4, -0.2) is 30.4 Å². The van der Waals surface area contributed by atoms with Gasteiger partial charge in [-0.05, 0) is 77.4 Å². The zero-order chi connectivity index (χ0) is 27.4. The molecule has 196 valence electrons. The average molecular weight is 567 g/mol. The molecular weight excluding hydrogens is 547 g/mol. The molecule has 0 aliphatic heterocycles. The summed E-state index contributed by atoms with van der Waals surface area (Å²) in [6, 6.07) is 23.8. The number of hydrogen-bond acceptors (Lipinski definition) is 5. The molecule has 7 nitrogen and oxygen atoms in total. The van der Waals surface area contributed by atoms with Gasteiger partial charge >= 0.3 is 0 Å². The van der Waals surface area contributed by atoms with E-state index in [0.29, 0.717) is 21.5 Å². The van der Waals surface area contributed by atoms with Crippen molar-refractivity contribution in [1.82, 2.24) is 20.2 Å². The molecule has 0 aliphatic carbocycles. The predicted molar refractivity (Wildman–Crippen MR) is 156 cm³/mol. The highest BCUT2D eigenvalue weighted by Crippen LogP contribution is 2.41. The second-order valence-corrected chi connectivity index (χ2v) is 10.4. The smallest absolute Gasteiger partial charge is 0.251 e. The van der Waals surface area contributed by atoms with E-state index >= 15 is 0 Å². The van der Waals surface area contributed by atoms with E-state index in [-0.39, 0.29) is 23.3 Å². The minimum absolute atomic E-state index is 0.0546. The zero-order valence-electron chi connectivity index (χ0n) is 20.7. The molecule has 0 saturated heterocycles. The Morgan fingerprint density at radius 3 is 1.88 bits per heavy atom. The maximum atomic E-state index is 10.2. The van der Waals surface area contributed by atoms with E-state index in [9.17, 15) is 10.2 Å². The first-order chi connectivity index (χ1) is 19.4. The summed E-state index contributed by atoms with van der Waals surface area (Å²) in [7, 11) is 0. The van der Waals surface area contributed by atoms with Crippen molar-refractivity contribution in [2.75, 3.05) is 0 Å². The van der Waals surface area contributed by atoms with Crippen molar-refractivity contribution in [2.24, 2.45) is 0 Å².